The number of nitrogens with one attached hydrogen (secondary N) is 1. The topological polar surface area (TPSA) is 15.3 Å². The molecule has 0 aromatic heterocycles. The third-order valence-corrected chi connectivity index (χ3v) is 4.06. The second kappa shape index (κ2) is 5.71. The minimum Gasteiger partial charge on any atom is -0.369 e. The zero-order valence-corrected chi connectivity index (χ0v) is 12.2. The van der Waals surface area contributed by atoms with Crippen molar-refractivity contribution in [2.75, 3.05) is 24.5 Å². The molecule has 1 aromatic carbocycles. The Hall–Kier alpha value is -0.750. The summed E-state index contributed by atoms with van der Waals surface area (Å²) < 4.78 is 38.7. The van der Waals surface area contributed by atoms with Crippen LogP contribution in [-0.2, 0) is 6.18 Å². The van der Waals surface area contributed by atoms with Crippen molar-refractivity contribution in [2.45, 2.75) is 25.6 Å². The smallest absolute Gasteiger partial charge is 0.369 e. The predicted octanol–water partition coefficient (Wildman–Crippen LogP) is 3.66. The van der Waals surface area contributed by atoms with Crippen LogP contribution in [0.5, 0.6) is 0 Å². The highest BCUT2D eigenvalue weighted by molar-refractivity contribution is 9.10. The summed E-state index contributed by atoms with van der Waals surface area (Å²) >= 11 is 2.96. The van der Waals surface area contributed by atoms with Crippen molar-refractivity contribution >= 4 is 21.6 Å². The molecule has 2 nitrogen and oxygen atoms in total. The van der Waals surface area contributed by atoms with Crippen molar-refractivity contribution in [1.29, 1.82) is 0 Å². The zero-order valence-electron chi connectivity index (χ0n) is 10.6. The molecule has 0 radical (unpaired) electrons. The molecule has 1 saturated heterocycles. The molecule has 2 rings (SSSR count). The van der Waals surface area contributed by atoms with Gasteiger partial charge in [-0.25, -0.2) is 0 Å². The summed E-state index contributed by atoms with van der Waals surface area (Å²) in [6.07, 6.45) is -3.35. The number of nitrogens with zero attached hydrogens (tertiary/aromatic N) is 1. The van der Waals surface area contributed by atoms with Gasteiger partial charge in [-0.2, -0.15) is 13.2 Å². The van der Waals surface area contributed by atoms with E-state index in [9.17, 15) is 13.2 Å². The van der Waals surface area contributed by atoms with E-state index >= 15 is 0 Å². The Labute approximate surface area is 119 Å². The fourth-order valence-electron chi connectivity index (χ4n) is 2.26. The van der Waals surface area contributed by atoms with Gasteiger partial charge in [0, 0.05) is 35.8 Å². The molecule has 1 aliphatic rings. The molecule has 106 valence electrons. The maximum Gasteiger partial charge on any atom is 0.417 e. The van der Waals surface area contributed by atoms with E-state index in [1.165, 1.54) is 12.1 Å². The molecule has 1 atom stereocenters. The molecule has 0 bridgehead atoms. The van der Waals surface area contributed by atoms with Gasteiger partial charge in [0.25, 0.3) is 0 Å². The molecule has 0 saturated carbocycles. The minimum absolute atomic E-state index is 0.0888. The van der Waals surface area contributed by atoms with E-state index in [4.69, 9.17) is 0 Å². The highest BCUT2D eigenvalue weighted by Crippen LogP contribution is 2.37. The summed E-state index contributed by atoms with van der Waals surface area (Å²) in [7, 11) is 0. The lowest BCUT2D eigenvalue weighted by Crippen LogP contribution is -2.50. The Balaban J connectivity index is 2.25. The Morgan fingerprint density at radius 2 is 2.16 bits per heavy atom. The number of benzene rings is 1. The van der Waals surface area contributed by atoms with Gasteiger partial charge in [-0.1, -0.05) is 22.9 Å². The lowest BCUT2D eigenvalue weighted by atomic mass is 10.1. The number of anilines is 1. The van der Waals surface area contributed by atoms with Gasteiger partial charge in [-0.15, -0.1) is 0 Å². The molecule has 6 heteroatoms. The van der Waals surface area contributed by atoms with E-state index in [-0.39, 0.29) is 4.47 Å². The highest BCUT2D eigenvalue weighted by atomic mass is 79.9. The molecule has 1 aromatic rings. The average molecular weight is 337 g/mol. The van der Waals surface area contributed by atoms with Crippen molar-refractivity contribution in [3.05, 3.63) is 28.2 Å². The quantitative estimate of drug-likeness (QED) is 0.886. The van der Waals surface area contributed by atoms with Gasteiger partial charge in [0.05, 0.1) is 5.56 Å². The summed E-state index contributed by atoms with van der Waals surface area (Å²) in [5.74, 6) is 0. The Morgan fingerprint density at radius 1 is 1.42 bits per heavy atom. The van der Waals surface area contributed by atoms with Crippen LogP contribution in [0.2, 0.25) is 0 Å². The van der Waals surface area contributed by atoms with Crippen LogP contribution in [0.4, 0.5) is 18.9 Å². The molecule has 0 spiro atoms. The monoisotopic (exact) mass is 336 g/mol. The molecule has 1 unspecified atom stereocenters. The van der Waals surface area contributed by atoms with Crippen LogP contribution < -0.4 is 10.2 Å². The molecule has 19 heavy (non-hydrogen) atoms. The minimum atomic E-state index is -4.33. The Kier molecular flexibility index (Phi) is 4.40. The van der Waals surface area contributed by atoms with Crippen LogP contribution in [0.1, 0.15) is 18.9 Å². The predicted molar refractivity (Wildman–Crippen MR) is 73.4 cm³/mol. The van der Waals surface area contributed by atoms with Gasteiger partial charge in [-0.3, -0.25) is 0 Å². The van der Waals surface area contributed by atoms with Crippen LogP contribution in [0.25, 0.3) is 0 Å². The van der Waals surface area contributed by atoms with Crippen LogP contribution >= 0.6 is 15.9 Å². The molecule has 1 fully saturated rings. The van der Waals surface area contributed by atoms with E-state index in [0.717, 1.165) is 26.1 Å². The van der Waals surface area contributed by atoms with Crippen molar-refractivity contribution in [2.24, 2.45) is 0 Å². The van der Waals surface area contributed by atoms with Crippen molar-refractivity contribution in [3.63, 3.8) is 0 Å². The number of halogens is 4. The Bertz CT molecular complexity index is 448. The summed E-state index contributed by atoms with van der Waals surface area (Å²) in [6, 6.07) is 4.77. The second-order valence-corrected chi connectivity index (χ2v) is 5.52. The molecule has 1 aliphatic heterocycles. The molecule has 1 N–H and O–H groups in total. The number of hydrogen-bond donors (Lipinski definition) is 1. The van der Waals surface area contributed by atoms with Gasteiger partial charge < -0.3 is 10.2 Å². The SMILES string of the molecule is CCC1CN(c2ccc(Br)c(C(F)(F)F)c2)CCN1. The lowest BCUT2D eigenvalue weighted by Gasteiger charge is -2.35. The summed E-state index contributed by atoms with van der Waals surface area (Å²) in [6.45, 7) is 4.35. The van der Waals surface area contributed by atoms with Gasteiger partial charge >= 0.3 is 6.18 Å². The third-order valence-electron chi connectivity index (χ3n) is 3.37. The largest absolute Gasteiger partial charge is 0.417 e. The van der Waals surface area contributed by atoms with Crippen molar-refractivity contribution in [3.8, 4) is 0 Å². The van der Waals surface area contributed by atoms with Crippen LogP contribution in [-0.4, -0.2) is 25.7 Å². The number of alkyl halides is 3. The maximum absolute atomic E-state index is 12.9. The molecule has 0 aliphatic carbocycles. The zero-order chi connectivity index (χ0) is 14.0. The first kappa shape index (κ1) is 14.7. The first-order chi connectivity index (χ1) is 8.91. The average Bonchev–Trinajstić information content (AvgIpc) is 2.38. The van der Waals surface area contributed by atoms with E-state index in [1.54, 1.807) is 6.07 Å². The first-order valence-corrected chi connectivity index (χ1v) is 7.06. The van der Waals surface area contributed by atoms with E-state index in [0.29, 0.717) is 11.7 Å². The van der Waals surface area contributed by atoms with Crippen molar-refractivity contribution < 1.29 is 13.2 Å². The van der Waals surface area contributed by atoms with Gasteiger partial charge in [0.15, 0.2) is 0 Å². The summed E-state index contributed by atoms with van der Waals surface area (Å²) in [4.78, 5) is 2.01. The fourth-order valence-corrected chi connectivity index (χ4v) is 2.73. The first-order valence-electron chi connectivity index (χ1n) is 6.27. The van der Waals surface area contributed by atoms with Crippen LogP contribution in [0.15, 0.2) is 22.7 Å². The van der Waals surface area contributed by atoms with E-state index < -0.39 is 11.7 Å². The molecule has 1 heterocycles. The lowest BCUT2D eigenvalue weighted by molar-refractivity contribution is -0.138. The number of piperazine rings is 1. The van der Waals surface area contributed by atoms with Crippen LogP contribution in [0.3, 0.4) is 0 Å². The summed E-state index contributed by atoms with van der Waals surface area (Å²) in [5, 5.41) is 3.35. The van der Waals surface area contributed by atoms with E-state index in [1.807, 2.05) is 4.90 Å². The normalized spacial score (nSPS) is 20.7. The molecular formula is C13H16BrF3N2. The highest BCUT2D eigenvalue weighted by Gasteiger charge is 2.33. The molecular weight excluding hydrogens is 321 g/mol. The summed E-state index contributed by atoms with van der Waals surface area (Å²) in [5.41, 5.74) is 0.0204. The maximum atomic E-state index is 12.9. The van der Waals surface area contributed by atoms with Gasteiger partial charge in [0.1, 0.15) is 0 Å². The van der Waals surface area contributed by atoms with Crippen molar-refractivity contribution in [1.82, 2.24) is 5.32 Å². The van der Waals surface area contributed by atoms with Gasteiger partial charge in [0.2, 0.25) is 0 Å². The van der Waals surface area contributed by atoms with Crippen LogP contribution in [0, 0.1) is 0 Å². The Morgan fingerprint density at radius 3 is 2.79 bits per heavy atom. The molecule has 0 amide bonds. The van der Waals surface area contributed by atoms with Gasteiger partial charge in [-0.05, 0) is 24.6 Å². The second-order valence-electron chi connectivity index (χ2n) is 4.67. The number of rotatable bonds is 2. The fraction of sp³-hybridized carbons (Fsp3) is 0.538. The third kappa shape index (κ3) is 3.42. The standard InChI is InChI=1S/C13H16BrF3N2/c1-2-9-8-19(6-5-18-9)10-3-4-12(14)11(7-10)13(15,16)17/h3-4,7,9,18H,2,5-6,8H2,1H3. The number of hydrogen-bond acceptors (Lipinski definition) is 2. The van der Waals surface area contributed by atoms with E-state index in [2.05, 4.69) is 28.2 Å².